The molecule has 5 heteroatoms. The van der Waals surface area contributed by atoms with Gasteiger partial charge in [0.2, 0.25) is 0 Å². The van der Waals surface area contributed by atoms with Gasteiger partial charge in [0.25, 0.3) is 6.02 Å². The monoisotopic (exact) mass is 423 g/mol. The summed E-state index contributed by atoms with van der Waals surface area (Å²) in [6.07, 6.45) is 21.0. The van der Waals surface area contributed by atoms with Gasteiger partial charge in [0.15, 0.2) is 0 Å². The maximum atomic E-state index is 10.7. The largest absolute Gasteiger partial charge is 0.463 e. The highest BCUT2D eigenvalue weighted by molar-refractivity contribution is 5.75. The Balaban J connectivity index is 1.52. The lowest BCUT2D eigenvalue weighted by molar-refractivity contribution is 0.0921. The molecule has 0 aromatic rings. The normalized spacial score (nSPS) is 39.6. The van der Waals surface area contributed by atoms with Crippen molar-refractivity contribution in [3.63, 3.8) is 0 Å². The van der Waals surface area contributed by atoms with E-state index in [9.17, 15) is 5.11 Å². The van der Waals surface area contributed by atoms with Gasteiger partial charge in [0, 0.05) is 5.92 Å². The summed E-state index contributed by atoms with van der Waals surface area (Å²) < 4.78 is 6.09. The van der Waals surface area contributed by atoms with Gasteiger partial charge in [-0.1, -0.05) is 36.5 Å². The summed E-state index contributed by atoms with van der Waals surface area (Å²) in [7, 11) is 0. The fourth-order valence-corrected chi connectivity index (χ4v) is 6.22. The van der Waals surface area contributed by atoms with Crippen LogP contribution >= 0.6 is 0 Å². The molecule has 0 radical (unpaired) electrons. The number of allylic oxidation sites excluding steroid dienone is 6. The number of nitrogens with one attached hydrogen (secondary N) is 2. The third kappa shape index (κ3) is 4.27. The lowest BCUT2D eigenvalue weighted by atomic mass is 9.64. The van der Waals surface area contributed by atoms with E-state index in [0.29, 0.717) is 23.8 Å². The Bertz CT molecular complexity index is 825. The molecular weight excluding hydrogens is 386 g/mol. The summed E-state index contributed by atoms with van der Waals surface area (Å²) in [5.74, 6) is 1.89. The van der Waals surface area contributed by atoms with Crippen LogP contribution < -0.4 is 10.6 Å². The lowest BCUT2D eigenvalue weighted by Crippen LogP contribution is -2.61. The van der Waals surface area contributed by atoms with Crippen molar-refractivity contribution in [3.05, 3.63) is 47.6 Å². The van der Waals surface area contributed by atoms with Crippen molar-refractivity contribution < 1.29 is 9.84 Å². The molecule has 7 atom stereocenters. The Morgan fingerprint density at radius 1 is 1.06 bits per heavy atom. The molecule has 5 aliphatic rings. The predicted octanol–water partition coefficient (Wildman–Crippen LogP) is 4.19. The first-order valence-corrected chi connectivity index (χ1v) is 12.3. The molecule has 5 rings (SSSR count). The van der Waals surface area contributed by atoms with Crippen molar-refractivity contribution in [1.29, 1.82) is 0 Å². The van der Waals surface area contributed by atoms with E-state index < -0.39 is 6.10 Å². The SMILES string of the molecule is CC(C)OC1=NC(C2=C3C=CCCC3CC3C=CCCC23)NC(C2CCC=CC2O)N1. The molecule has 0 amide bonds. The molecular formula is C26H37N3O2. The number of aliphatic hydroxyl groups excluding tert-OH is 1. The van der Waals surface area contributed by atoms with Crippen LogP contribution in [0.4, 0.5) is 0 Å². The van der Waals surface area contributed by atoms with Crippen LogP contribution in [0.25, 0.3) is 0 Å². The number of rotatable bonds is 3. The van der Waals surface area contributed by atoms with E-state index in [4.69, 9.17) is 9.73 Å². The number of ether oxygens (including phenoxy) is 1. The molecule has 1 heterocycles. The van der Waals surface area contributed by atoms with Crippen LogP contribution in [-0.4, -0.2) is 35.7 Å². The molecule has 0 spiro atoms. The number of aliphatic imine (C=N–C) groups is 1. The molecule has 0 aromatic carbocycles. The Morgan fingerprint density at radius 2 is 1.87 bits per heavy atom. The highest BCUT2D eigenvalue weighted by atomic mass is 16.5. The molecule has 0 fully saturated rings. The number of nitrogens with zero attached hydrogens (tertiary/aromatic N) is 1. The first-order valence-electron chi connectivity index (χ1n) is 12.3. The summed E-state index contributed by atoms with van der Waals surface area (Å²) in [5, 5.41) is 18.0. The Morgan fingerprint density at radius 3 is 2.71 bits per heavy atom. The van der Waals surface area contributed by atoms with Gasteiger partial charge >= 0.3 is 0 Å². The van der Waals surface area contributed by atoms with Crippen molar-refractivity contribution in [2.24, 2.45) is 28.7 Å². The number of hydrogen-bond donors (Lipinski definition) is 3. The highest BCUT2D eigenvalue weighted by Crippen LogP contribution is 2.48. The van der Waals surface area contributed by atoms with Gasteiger partial charge in [-0.25, -0.2) is 4.99 Å². The molecule has 0 bridgehead atoms. The number of hydrogen-bond acceptors (Lipinski definition) is 5. The molecule has 4 aliphatic carbocycles. The summed E-state index contributed by atoms with van der Waals surface area (Å²) in [4.78, 5) is 5.05. The Kier molecular flexibility index (Phi) is 6.07. The topological polar surface area (TPSA) is 65.9 Å². The minimum atomic E-state index is -0.450. The summed E-state index contributed by atoms with van der Waals surface area (Å²) >= 11 is 0. The van der Waals surface area contributed by atoms with Gasteiger partial charge in [0.1, 0.15) is 6.17 Å². The quantitative estimate of drug-likeness (QED) is 0.596. The minimum Gasteiger partial charge on any atom is -0.463 e. The van der Waals surface area contributed by atoms with Crippen LogP contribution in [0.5, 0.6) is 0 Å². The molecule has 0 saturated carbocycles. The Labute approximate surface area is 186 Å². The van der Waals surface area contributed by atoms with E-state index in [0.717, 1.165) is 19.3 Å². The van der Waals surface area contributed by atoms with Crippen LogP contribution in [0.15, 0.2) is 52.6 Å². The molecule has 0 aromatic heterocycles. The van der Waals surface area contributed by atoms with Gasteiger partial charge in [-0.2, -0.15) is 0 Å². The van der Waals surface area contributed by atoms with Crippen LogP contribution in [0.3, 0.4) is 0 Å². The third-order valence-electron chi connectivity index (χ3n) is 7.62. The maximum Gasteiger partial charge on any atom is 0.288 e. The van der Waals surface area contributed by atoms with E-state index in [1.54, 1.807) is 0 Å². The zero-order chi connectivity index (χ0) is 21.4. The van der Waals surface area contributed by atoms with Gasteiger partial charge in [-0.05, 0) is 87.7 Å². The average Bonchev–Trinajstić information content (AvgIpc) is 2.77. The lowest BCUT2D eigenvalue weighted by Gasteiger charge is -2.45. The van der Waals surface area contributed by atoms with Gasteiger partial charge < -0.3 is 15.2 Å². The van der Waals surface area contributed by atoms with Crippen LogP contribution in [0.2, 0.25) is 0 Å². The second-order valence-corrected chi connectivity index (χ2v) is 10.1. The second kappa shape index (κ2) is 8.95. The zero-order valence-corrected chi connectivity index (χ0v) is 18.8. The molecule has 5 nitrogen and oxygen atoms in total. The summed E-state index contributed by atoms with van der Waals surface area (Å²) in [5.41, 5.74) is 2.98. The molecule has 3 N–H and O–H groups in total. The summed E-state index contributed by atoms with van der Waals surface area (Å²) in [6.45, 7) is 4.08. The van der Waals surface area contributed by atoms with Gasteiger partial charge in [-0.3, -0.25) is 5.32 Å². The maximum absolute atomic E-state index is 10.7. The summed E-state index contributed by atoms with van der Waals surface area (Å²) in [6, 6.07) is 0.614. The number of aliphatic hydroxyl groups is 1. The first-order chi connectivity index (χ1) is 15.1. The number of amidine groups is 1. The molecule has 7 unspecified atom stereocenters. The van der Waals surface area contributed by atoms with E-state index in [1.165, 1.54) is 36.8 Å². The first kappa shape index (κ1) is 21.0. The molecule has 168 valence electrons. The van der Waals surface area contributed by atoms with Crippen LogP contribution in [0, 0.1) is 23.7 Å². The third-order valence-corrected chi connectivity index (χ3v) is 7.62. The zero-order valence-electron chi connectivity index (χ0n) is 18.8. The van der Waals surface area contributed by atoms with Crippen molar-refractivity contribution in [3.8, 4) is 0 Å². The number of fused-ring (bicyclic) bond motifs is 2. The van der Waals surface area contributed by atoms with Crippen LogP contribution in [0.1, 0.15) is 58.8 Å². The second-order valence-electron chi connectivity index (χ2n) is 10.1. The fraction of sp³-hybridized carbons (Fsp3) is 0.654. The van der Waals surface area contributed by atoms with E-state index in [-0.39, 0.29) is 24.4 Å². The van der Waals surface area contributed by atoms with Gasteiger partial charge in [-0.15, -0.1) is 0 Å². The average molecular weight is 424 g/mol. The van der Waals surface area contributed by atoms with Crippen LogP contribution in [-0.2, 0) is 4.74 Å². The molecule has 1 aliphatic heterocycles. The van der Waals surface area contributed by atoms with Gasteiger partial charge in [0.05, 0.1) is 18.4 Å². The van der Waals surface area contributed by atoms with Crippen molar-refractivity contribution >= 4 is 6.02 Å². The predicted molar refractivity (Wildman–Crippen MR) is 124 cm³/mol. The van der Waals surface area contributed by atoms with Crippen molar-refractivity contribution in [1.82, 2.24) is 10.6 Å². The van der Waals surface area contributed by atoms with E-state index in [2.05, 4.69) is 41.0 Å². The van der Waals surface area contributed by atoms with Crippen molar-refractivity contribution in [2.45, 2.75) is 83.3 Å². The minimum absolute atomic E-state index is 0.0542. The van der Waals surface area contributed by atoms with Crippen molar-refractivity contribution in [2.75, 3.05) is 0 Å². The molecule has 0 saturated heterocycles. The smallest absolute Gasteiger partial charge is 0.288 e. The van der Waals surface area contributed by atoms with E-state index >= 15 is 0 Å². The standard InChI is InChI=1S/C26H37N3O2/c1-16(2)31-26-28-24(21-13-7-8-14-22(21)30)27-25(29-26)23-19-11-5-3-9-17(19)15-18-10-4-6-12-20(18)23/h3,6,8-9,12,14,16-19,21-22,24-25,27,30H,4-5,7,10-11,13,15H2,1-2H3,(H,28,29). The van der Waals surface area contributed by atoms with E-state index in [1.807, 2.05) is 19.9 Å². The fourth-order valence-electron chi connectivity index (χ4n) is 6.22. The molecule has 31 heavy (non-hydrogen) atoms. The highest BCUT2D eigenvalue weighted by Gasteiger charge is 2.42. The Hall–Kier alpha value is -1.85.